The number of hydrogen-bond donors (Lipinski definition) is 2. The summed E-state index contributed by atoms with van der Waals surface area (Å²) < 4.78 is 5.56. The van der Waals surface area contributed by atoms with E-state index >= 15 is 0 Å². The number of unbranched alkanes of at least 4 members (excludes halogenated alkanes) is 1. The van der Waals surface area contributed by atoms with Crippen molar-refractivity contribution in [2.24, 2.45) is 5.73 Å². The Balaban J connectivity index is 2.56. The van der Waals surface area contributed by atoms with Crippen molar-refractivity contribution in [3.63, 3.8) is 0 Å². The molecule has 0 heterocycles. The summed E-state index contributed by atoms with van der Waals surface area (Å²) >= 11 is 5.97. The van der Waals surface area contributed by atoms with E-state index in [4.69, 9.17) is 22.1 Å². The second-order valence-corrected chi connectivity index (χ2v) is 5.36. The molecule has 1 aromatic carbocycles. The molecule has 1 unspecified atom stereocenters. The van der Waals surface area contributed by atoms with Crippen LogP contribution in [-0.4, -0.2) is 25.1 Å². The van der Waals surface area contributed by atoms with Crippen molar-refractivity contribution in [3.8, 4) is 5.75 Å². The minimum absolute atomic E-state index is 0.00852. The van der Waals surface area contributed by atoms with E-state index < -0.39 is 0 Å². The molecule has 0 saturated heterocycles. The molecule has 0 radical (unpaired) electrons. The van der Waals surface area contributed by atoms with Crippen LogP contribution in [0.5, 0.6) is 5.75 Å². The summed E-state index contributed by atoms with van der Waals surface area (Å²) in [5, 5.41) is 3.45. The van der Waals surface area contributed by atoms with Crippen molar-refractivity contribution in [3.05, 3.63) is 28.8 Å². The van der Waals surface area contributed by atoms with E-state index in [-0.39, 0.29) is 18.6 Å². The summed E-state index contributed by atoms with van der Waals surface area (Å²) in [4.78, 5) is 11.6. The van der Waals surface area contributed by atoms with Gasteiger partial charge in [0.2, 0.25) is 0 Å². The number of halogens is 1. The van der Waals surface area contributed by atoms with Crippen LogP contribution in [0, 0.1) is 0 Å². The Bertz CT molecular complexity index is 436. The molecule has 3 N–H and O–H groups in total. The van der Waals surface area contributed by atoms with Gasteiger partial charge in [-0.3, -0.25) is 4.79 Å². The molecule has 0 spiro atoms. The highest BCUT2D eigenvalue weighted by atomic mass is 35.5. The van der Waals surface area contributed by atoms with Gasteiger partial charge in [0.1, 0.15) is 5.75 Å². The smallest absolute Gasteiger partial charge is 0.257 e. The number of carbonyl (C=O) groups excluding carboxylic acids is 1. The van der Waals surface area contributed by atoms with Gasteiger partial charge in [-0.25, -0.2) is 0 Å². The maximum absolute atomic E-state index is 11.6. The van der Waals surface area contributed by atoms with Gasteiger partial charge in [-0.15, -0.1) is 0 Å². The van der Waals surface area contributed by atoms with E-state index in [0.717, 1.165) is 18.4 Å². The summed E-state index contributed by atoms with van der Waals surface area (Å²) in [6.07, 6.45) is 2.69. The standard InChI is InChI=1S/C15H23ClN2O2/c1-3-4-7-18-15(19)10-20-14-6-5-13(16)9-12(14)8-11(2)17/h5-6,9,11H,3-4,7-8,10,17H2,1-2H3,(H,18,19). The first kappa shape index (κ1) is 16.8. The molecule has 112 valence electrons. The Morgan fingerprint density at radius 1 is 1.50 bits per heavy atom. The van der Waals surface area contributed by atoms with E-state index in [1.165, 1.54) is 0 Å². The number of nitrogens with one attached hydrogen (secondary N) is 1. The zero-order chi connectivity index (χ0) is 15.0. The van der Waals surface area contributed by atoms with Crippen molar-refractivity contribution in [1.82, 2.24) is 5.32 Å². The van der Waals surface area contributed by atoms with Crippen LogP contribution in [0.3, 0.4) is 0 Å². The first-order valence-corrected chi connectivity index (χ1v) is 7.34. The highest BCUT2D eigenvalue weighted by Crippen LogP contribution is 2.24. The SMILES string of the molecule is CCCCNC(=O)COc1ccc(Cl)cc1CC(C)N. The van der Waals surface area contributed by atoms with Crippen LogP contribution in [0.1, 0.15) is 32.3 Å². The highest BCUT2D eigenvalue weighted by Gasteiger charge is 2.09. The largest absolute Gasteiger partial charge is 0.483 e. The van der Waals surface area contributed by atoms with Gasteiger partial charge >= 0.3 is 0 Å². The van der Waals surface area contributed by atoms with Crippen LogP contribution in [-0.2, 0) is 11.2 Å². The number of rotatable bonds is 8. The molecular weight excluding hydrogens is 276 g/mol. The molecule has 5 heteroatoms. The summed E-state index contributed by atoms with van der Waals surface area (Å²) in [6, 6.07) is 5.36. The normalized spacial score (nSPS) is 12.0. The monoisotopic (exact) mass is 298 g/mol. The molecule has 4 nitrogen and oxygen atoms in total. The molecule has 1 atom stereocenters. The zero-order valence-electron chi connectivity index (χ0n) is 12.1. The van der Waals surface area contributed by atoms with Gasteiger partial charge in [0, 0.05) is 17.6 Å². The zero-order valence-corrected chi connectivity index (χ0v) is 12.9. The Hall–Kier alpha value is -1.26. The number of ether oxygens (including phenoxy) is 1. The minimum atomic E-state index is -0.111. The second-order valence-electron chi connectivity index (χ2n) is 4.93. The van der Waals surface area contributed by atoms with Gasteiger partial charge in [-0.2, -0.15) is 0 Å². The first-order valence-electron chi connectivity index (χ1n) is 6.96. The average Bonchev–Trinajstić information content (AvgIpc) is 2.37. The average molecular weight is 299 g/mol. The lowest BCUT2D eigenvalue weighted by atomic mass is 10.1. The predicted molar refractivity (Wildman–Crippen MR) is 82.2 cm³/mol. The van der Waals surface area contributed by atoms with Gasteiger partial charge in [0.05, 0.1) is 0 Å². The molecule has 1 rings (SSSR count). The van der Waals surface area contributed by atoms with Crippen molar-refractivity contribution in [2.75, 3.05) is 13.2 Å². The first-order chi connectivity index (χ1) is 9.52. The minimum Gasteiger partial charge on any atom is -0.483 e. The van der Waals surface area contributed by atoms with Gasteiger partial charge in [0.15, 0.2) is 6.61 Å². The number of nitrogens with two attached hydrogens (primary N) is 1. The highest BCUT2D eigenvalue weighted by molar-refractivity contribution is 6.30. The molecule has 0 aromatic heterocycles. The lowest BCUT2D eigenvalue weighted by Gasteiger charge is -2.13. The second kappa shape index (κ2) is 8.82. The van der Waals surface area contributed by atoms with Crippen LogP contribution < -0.4 is 15.8 Å². The van der Waals surface area contributed by atoms with Gasteiger partial charge in [0.25, 0.3) is 5.91 Å². The molecule has 0 fully saturated rings. The number of amides is 1. The van der Waals surface area contributed by atoms with Crippen molar-refractivity contribution in [2.45, 2.75) is 39.2 Å². The fourth-order valence-electron chi connectivity index (χ4n) is 1.79. The summed E-state index contributed by atoms with van der Waals surface area (Å²) in [7, 11) is 0. The van der Waals surface area contributed by atoms with Crippen LogP contribution in [0.25, 0.3) is 0 Å². The number of carbonyl (C=O) groups is 1. The quantitative estimate of drug-likeness (QED) is 0.725. The third-order valence-electron chi connectivity index (χ3n) is 2.78. The topological polar surface area (TPSA) is 64.3 Å². The molecule has 1 aromatic rings. The van der Waals surface area contributed by atoms with E-state index in [2.05, 4.69) is 12.2 Å². The van der Waals surface area contributed by atoms with E-state index in [1.54, 1.807) is 12.1 Å². The van der Waals surface area contributed by atoms with Crippen LogP contribution in [0.15, 0.2) is 18.2 Å². The van der Waals surface area contributed by atoms with Crippen molar-refractivity contribution in [1.29, 1.82) is 0 Å². The Morgan fingerprint density at radius 2 is 2.25 bits per heavy atom. The van der Waals surface area contributed by atoms with Crippen molar-refractivity contribution < 1.29 is 9.53 Å². The van der Waals surface area contributed by atoms with Gasteiger partial charge in [-0.05, 0) is 43.5 Å². The lowest BCUT2D eigenvalue weighted by molar-refractivity contribution is -0.123. The predicted octanol–water partition coefficient (Wildman–Crippen LogP) is 2.52. The summed E-state index contributed by atoms with van der Waals surface area (Å²) in [5.74, 6) is 0.553. The Kier molecular flexibility index (Phi) is 7.41. The third-order valence-corrected chi connectivity index (χ3v) is 3.01. The fourth-order valence-corrected chi connectivity index (χ4v) is 1.99. The molecule has 0 bridgehead atoms. The molecule has 0 aliphatic heterocycles. The van der Waals surface area contributed by atoms with E-state index in [9.17, 15) is 4.79 Å². The molecule has 20 heavy (non-hydrogen) atoms. The number of benzene rings is 1. The molecule has 0 aliphatic carbocycles. The maximum atomic E-state index is 11.6. The van der Waals surface area contributed by atoms with Crippen LogP contribution in [0.4, 0.5) is 0 Å². The Labute approximate surface area is 125 Å². The molecule has 1 amide bonds. The molecular formula is C15H23ClN2O2. The van der Waals surface area contributed by atoms with Gasteiger partial charge < -0.3 is 15.8 Å². The molecule has 0 aliphatic rings. The summed E-state index contributed by atoms with van der Waals surface area (Å²) in [6.45, 7) is 4.70. The number of hydrogen-bond acceptors (Lipinski definition) is 3. The van der Waals surface area contributed by atoms with Crippen LogP contribution >= 0.6 is 11.6 Å². The summed E-state index contributed by atoms with van der Waals surface area (Å²) in [5.41, 5.74) is 6.73. The van der Waals surface area contributed by atoms with Gasteiger partial charge in [-0.1, -0.05) is 24.9 Å². The fraction of sp³-hybridized carbons (Fsp3) is 0.533. The van der Waals surface area contributed by atoms with Crippen LogP contribution in [0.2, 0.25) is 5.02 Å². The lowest BCUT2D eigenvalue weighted by Crippen LogP contribution is -2.29. The van der Waals surface area contributed by atoms with Crippen molar-refractivity contribution >= 4 is 17.5 Å². The Morgan fingerprint density at radius 3 is 2.90 bits per heavy atom. The molecule has 0 saturated carbocycles. The van der Waals surface area contributed by atoms with E-state index in [0.29, 0.717) is 23.7 Å². The third kappa shape index (κ3) is 6.26. The maximum Gasteiger partial charge on any atom is 0.257 e. The van der Waals surface area contributed by atoms with E-state index in [1.807, 2.05) is 13.0 Å².